The molecular weight excluding hydrogens is 402 g/mol. The van der Waals surface area contributed by atoms with Gasteiger partial charge in [0.05, 0.1) is 11.7 Å². The summed E-state index contributed by atoms with van der Waals surface area (Å²) in [5.41, 5.74) is 3.62. The standard InChI is InChI=1S/C25H35N5O2/c1-3-6-23(31)21-17-26-10-7-22(21)28-20-8-13-29(14-9-20)24-18(2)15-19(16-27-24)25(32)30-11-4-5-12-30/h7,10,15-17,20,23,31H,3-6,8-9,11-14H2,1-2H3,(H,26,28). The maximum Gasteiger partial charge on any atom is 0.255 e. The Balaban J connectivity index is 1.37. The number of anilines is 2. The minimum atomic E-state index is -0.482. The fourth-order valence-corrected chi connectivity index (χ4v) is 4.81. The van der Waals surface area contributed by atoms with Crippen molar-refractivity contribution in [3.63, 3.8) is 0 Å². The molecular formula is C25H35N5O2. The Hall–Kier alpha value is -2.67. The number of hydrogen-bond donors (Lipinski definition) is 2. The second kappa shape index (κ2) is 10.3. The van der Waals surface area contributed by atoms with Crippen LogP contribution in [0.4, 0.5) is 11.5 Å². The van der Waals surface area contributed by atoms with Gasteiger partial charge < -0.3 is 20.2 Å². The van der Waals surface area contributed by atoms with Gasteiger partial charge >= 0.3 is 0 Å². The van der Waals surface area contributed by atoms with Gasteiger partial charge in [0.2, 0.25) is 0 Å². The molecule has 2 N–H and O–H groups in total. The molecule has 7 nitrogen and oxygen atoms in total. The van der Waals surface area contributed by atoms with Gasteiger partial charge in [-0.15, -0.1) is 0 Å². The fourth-order valence-electron chi connectivity index (χ4n) is 4.81. The van der Waals surface area contributed by atoms with E-state index in [-0.39, 0.29) is 5.91 Å². The number of hydrogen-bond acceptors (Lipinski definition) is 6. The van der Waals surface area contributed by atoms with Crippen molar-refractivity contribution in [1.82, 2.24) is 14.9 Å². The smallest absolute Gasteiger partial charge is 0.255 e. The van der Waals surface area contributed by atoms with E-state index < -0.39 is 6.10 Å². The summed E-state index contributed by atoms with van der Waals surface area (Å²) in [7, 11) is 0. The minimum Gasteiger partial charge on any atom is -0.388 e. The molecule has 172 valence electrons. The van der Waals surface area contributed by atoms with Crippen LogP contribution in [0.2, 0.25) is 0 Å². The first kappa shape index (κ1) is 22.5. The molecule has 0 radical (unpaired) electrons. The predicted octanol–water partition coefficient (Wildman–Crippen LogP) is 3.94. The van der Waals surface area contributed by atoms with E-state index in [9.17, 15) is 9.90 Å². The summed E-state index contributed by atoms with van der Waals surface area (Å²) in [5, 5.41) is 14.1. The summed E-state index contributed by atoms with van der Waals surface area (Å²) in [6.07, 6.45) is 10.6. The summed E-state index contributed by atoms with van der Waals surface area (Å²) in [5.74, 6) is 1.08. The number of piperidine rings is 1. The van der Waals surface area contributed by atoms with Gasteiger partial charge in [-0.1, -0.05) is 13.3 Å². The van der Waals surface area contributed by atoms with Gasteiger partial charge in [-0.3, -0.25) is 9.78 Å². The van der Waals surface area contributed by atoms with Gasteiger partial charge in [0.15, 0.2) is 0 Å². The first-order chi connectivity index (χ1) is 15.6. The highest BCUT2D eigenvalue weighted by Crippen LogP contribution is 2.29. The summed E-state index contributed by atoms with van der Waals surface area (Å²) >= 11 is 0. The van der Waals surface area contributed by atoms with Crippen molar-refractivity contribution < 1.29 is 9.90 Å². The van der Waals surface area contributed by atoms with Crippen molar-refractivity contribution >= 4 is 17.4 Å². The zero-order valence-corrected chi connectivity index (χ0v) is 19.3. The lowest BCUT2D eigenvalue weighted by atomic mass is 10.0. The number of nitrogens with zero attached hydrogens (tertiary/aromatic N) is 4. The topological polar surface area (TPSA) is 81.6 Å². The van der Waals surface area contributed by atoms with Crippen molar-refractivity contribution in [2.75, 3.05) is 36.4 Å². The molecule has 2 saturated heterocycles. The first-order valence-corrected chi connectivity index (χ1v) is 12.0. The second-order valence-corrected chi connectivity index (χ2v) is 9.04. The van der Waals surface area contributed by atoms with Crippen molar-refractivity contribution in [2.45, 2.75) is 64.5 Å². The van der Waals surface area contributed by atoms with E-state index in [2.05, 4.69) is 27.1 Å². The molecule has 7 heteroatoms. The van der Waals surface area contributed by atoms with Crippen LogP contribution in [0.15, 0.2) is 30.7 Å². The quantitative estimate of drug-likeness (QED) is 0.683. The van der Waals surface area contributed by atoms with Crippen LogP contribution in [-0.2, 0) is 0 Å². The fraction of sp³-hybridized carbons (Fsp3) is 0.560. The van der Waals surface area contributed by atoms with Crippen LogP contribution in [0.1, 0.15) is 73.0 Å². The number of aryl methyl sites for hydroxylation is 1. The summed E-state index contributed by atoms with van der Waals surface area (Å²) in [4.78, 5) is 25.8. The van der Waals surface area contributed by atoms with Crippen LogP contribution in [0.25, 0.3) is 0 Å². The highest BCUT2D eigenvalue weighted by molar-refractivity contribution is 5.94. The van der Waals surface area contributed by atoms with E-state index in [0.29, 0.717) is 11.6 Å². The lowest BCUT2D eigenvalue weighted by molar-refractivity contribution is 0.0792. The zero-order valence-electron chi connectivity index (χ0n) is 19.3. The lowest BCUT2D eigenvalue weighted by Gasteiger charge is -2.35. The van der Waals surface area contributed by atoms with Crippen molar-refractivity contribution in [1.29, 1.82) is 0 Å². The number of likely N-dealkylation sites (tertiary alicyclic amines) is 1. The first-order valence-electron chi connectivity index (χ1n) is 12.0. The van der Waals surface area contributed by atoms with Crippen LogP contribution in [0.3, 0.4) is 0 Å². The van der Waals surface area contributed by atoms with Gasteiger partial charge in [0.1, 0.15) is 5.82 Å². The maximum absolute atomic E-state index is 12.7. The van der Waals surface area contributed by atoms with E-state index in [4.69, 9.17) is 0 Å². The summed E-state index contributed by atoms with van der Waals surface area (Å²) in [6, 6.07) is 4.30. The van der Waals surface area contributed by atoms with Gasteiger partial charge in [0.25, 0.3) is 5.91 Å². The molecule has 32 heavy (non-hydrogen) atoms. The summed E-state index contributed by atoms with van der Waals surface area (Å²) in [6.45, 7) is 7.65. The van der Waals surface area contributed by atoms with Crippen molar-refractivity contribution in [3.05, 3.63) is 47.4 Å². The zero-order chi connectivity index (χ0) is 22.5. The lowest BCUT2D eigenvalue weighted by Crippen LogP contribution is -2.40. The Bertz CT molecular complexity index is 920. The Morgan fingerprint density at radius 3 is 2.66 bits per heavy atom. The molecule has 1 atom stereocenters. The number of aromatic nitrogens is 2. The highest BCUT2D eigenvalue weighted by atomic mass is 16.3. The molecule has 2 aromatic heterocycles. The van der Waals surface area contributed by atoms with Crippen LogP contribution >= 0.6 is 0 Å². The van der Waals surface area contributed by atoms with Crippen LogP contribution in [0, 0.1) is 6.92 Å². The number of rotatable bonds is 7. The number of aliphatic hydroxyl groups is 1. The monoisotopic (exact) mass is 437 g/mol. The maximum atomic E-state index is 12.7. The number of pyridine rings is 2. The second-order valence-electron chi connectivity index (χ2n) is 9.04. The Morgan fingerprint density at radius 1 is 1.22 bits per heavy atom. The van der Waals surface area contributed by atoms with Crippen LogP contribution in [-0.4, -0.2) is 58.1 Å². The van der Waals surface area contributed by atoms with E-state index in [1.54, 1.807) is 18.6 Å². The van der Waals surface area contributed by atoms with E-state index in [0.717, 1.165) is 87.3 Å². The average molecular weight is 438 g/mol. The van der Waals surface area contributed by atoms with Crippen molar-refractivity contribution in [3.8, 4) is 0 Å². The average Bonchev–Trinajstić information content (AvgIpc) is 3.35. The van der Waals surface area contributed by atoms with Gasteiger partial charge in [-0.25, -0.2) is 4.98 Å². The molecule has 0 bridgehead atoms. The van der Waals surface area contributed by atoms with E-state index >= 15 is 0 Å². The largest absolute Gasteiger partial charge is 0.388 e. The number of nitrogens with one attached hydrogen (secondary N) is 1. The molecule has 2 aliphatic heterocycles. The number of aliphatic hydroxyl groups excluding tert-OH is 1. The Morgan fingerprint density at radius 2 is 1.97 bits per heavy atom. The van der Waals surface area contributed by atoms with Gasteiger partial charge in [0, 0.05) is 62.1 Å². The number of carbonyl (C=O) groups is 1. The molecule has 0 spiro atoms. The molecule has 1 unspecified atom stereocenters. The highest BCUT2D eigenvalue weighted by Gasteiger charge is 2.24. The van der Waals surface area contributed by atoms with Gasteiger partial charge in [-0.05, 0) is 56.7 Å². The molecule has 2 fully saturated rings. The van der Waals surface area contributed by atoms with Crippen LogP contribution in [0.5, 0.6) is 0 Å². The van der Waals surface area contributed by atoms with Crippen molar-refractivity contribution in [2.24, 2.45) is 0 Å². The molecule has 2 aromatic rings. The summed E-state index contributed by atoms with van der Waals surface area (Å²) < 4.78 is 0. The molecule has 0 aromatic carbocycles. The molecule has 0 saturated carbocycles. The third-order valence-electron chi connectivity index (χ3n) is 6.62. The number of carbonyl (C=O) groups excluding carboxylic acids is 1. The molecule has 4 heterocycles. The molecule has 0 aliphatic carbocycles. The molecule has 1 amide bonds. The van der Waals surface area contributed by atoms with Gasteiger partial charge in [-0.2, -0.15) is 0 Å². The molecule has 4 rings (SSSR count). The van der Waals surface area contributed by atoms with E-state index in [1.807, 2.05) is 24.0 Å². The third kappa shape index (κ3) is 5.04. The van der Waals surface area contributed by atoms with E-state index in [1.165, 1.54) is 0 Å². The Labute approximate surface area is 190 Å². The predicted molar refractivity (Wildman–Crippen MR) is 127 cm³/mol. The normalized spacial score (nSPS) is 18.1. The Kier molecular flexibility index (Phi) is 7.25. The molecule has 2 aliphatic rings. The minimum absolute atomic E-state index is 0.103. The van der Waals surface area contributed by atoms with Crippen LogP contribution < -0.4 is 10.2 Å². The SMILES string of the molecule is CCCC(O)c1cnccc1NC1CCN(c2ncc(C(=O)N3CCCC3)cc2C)CC1. The number of amides is 1. The third-order valence-corrected chi connectivity index (χ3v) is 6.62.